The van der Waals surface area contributed by atoms with Crippen LogP contribution in [0, 0.1) is 0 Å². The summed E-state index contributed by atoms with van der Waals surface area (Å²) in [6.07, 6.45) is 1.21. The largest absolute Gasteiger partial charge is 0.294 e. The average Bonchev–Trinajstić information content (AvgIpc) is 2.95. The normalized spacial score (nSPS) is 15.4. The van der Waals surface area contributed by atoms with E-state index >= 15 is 0 Å². The number of hydrogen-bond acceptors (Lipinski definition) is 2. The maximum absolute atomic E-state index is 2.57. The Morgan fingerprint density at radius 1 is 1.00 bits per heavy atom. The van der Waals surface area contributed by atoms with Gasteiger partial charge in [-0.15, -0.1) is 11.3 Å². The van der Waals surface area contributed by atoms with Gasteiger partial charge in [0.15, 0.2) is 0 Å². The van der Waals surface area contributed by atoms with Gasteiger partial charge >= 0.3 is 0 Å². The molecular formula is C18H17NS. The van der Waals surface area contributed by atoms with Crippen molar-refractivity contribution in [2.75, 3.05) is 6.54 Å². The Balaban J connectivity index is 1.63. The molecule has 0 saturated heterocycles. The summed E-state index contributed by atoms with van der Waals surface area (Å²) in [4.78, 5) is 4.15. The second-order valence-electron chi connectivity index (χ2n) is 5.47. The summed E-state index contributed by atoms with van der Waals surface area (Å²) in [5.41, 5.74) is 2.98. The van der Waals surface area contributed by atoms with Gasteiger partial charge in [0.05, 0.1) is 0 Å². The predicted octanol–water partition coefficient (Wildman–Crippen LogP) is 4.46. The summed E-state index contributed by atoms with van der Waals surface area (Å²) < 4.78 is 0. The van der Waals surface area contributed by atoms with Gasteiger partial charge in [-0.25, -0.2) is 0 Å². The van der Waals surface area contributed by atoms with Gasteiger partial charge in [0.2, 0.25) is 0 Å². The first-order valence-corrected chi connectivity index (χ1v) is 8.02. The van der Waals surface area contributed by atoms with Crippen LogP contribution in [0.25, 0.3) is 10.8 Å². The van der Waals surface area contributed by atoms with Crippen LogP contribution in [0.3, 0.4) is 0 Å². The first-order chi connectivity index (χ1) is 9.90. The van der Waals surface area contributed by atoms with Crippen molar-refractivity contribution >= 4 is 22.1 Å². The molecule has 0 N–H and O–H groups in total. The van der Waals surface area contributed by atoms with Crippen molar-refractivity contribution in [3.05, 3.63) is 69.9 Å². The molecule has 0 spiro atoms. The predicted molar refractivity (Wildman–Crippen MR) is 86.1 cm³/mol. The first kappa shape index (κ1) is 12.1. The molecule has 0 unspecified atom stereocenters. The van der Waals surface area contributed by atoms with E-state index in [1.165, 1.54) is 34.9 Å². The number of fused-ring (bicyclic) bond motifs is 2. The molecule has 0 bridgehead atoms. The fourth-order valence-electron chi connectivity index (χ4n) is 3.11. The maximum atomic E-state index is 2.57. The van der Waals surface area contributed by atoms with Gasteiger partial charge in [-0.2, -0.15) is 0 Å². The molecule has 0 amide bonds. The highest BCUT2D eigenvalue weighted by Gasteiger charge is 2.17. The first-order valence-electron chi connectivity index (χ1n) is 7.14. The van der Waals surface area contributed by atoms with E-state index in [0.717, 1.165) is 13.1 Å². The zero-order valence-corrected chi connectivity index (χ0v) is 12.2. The minimum absolute atomic E-state index is 1.05. The zero-order valence-electron chi connectivity index (χ0n) is 11.4. The summed E-state index contributed by atoms with van der Waals surface area (Å²) in [5, 5.41) is 4.97. The summed E-state index contributed by atoms with van der Waals surface area (Å²) in [5.74, 6) is 0. The van der Waals surface area contributed by atoms with Gasteiger partial charge in [0, 0.05) is 24.5 Å². The third-order valence-electron chi connectivity index (χ3n) is 4.16. The van der Waals surface area contributed by atoms with Crippen molar-refractivity contribution in [3.63, 3.8) is 0 Å². The van der Waals surface area contributed by atoms with Crippen molar-refractivity contribution < 1.29 is 0 Å². The molecule has 0 radical (unpaired) electrons. The monoisotopic (exact) mass is 279 g/mol. The van der Waals surface area contributed by atoms with E-state index in [1.807, 2.05) is 11.3 Å². The highest BCUT2D eigenvalue weighted by Crippen LogP contribution is 2.26. The molecule has 1 nitrogen and oxygen atoms in total. The van der Waals surface area contributed by atoms with E-state index in [2.05, 4.69) is 58.8 Å². The molecule has 3 aromatic rings. The molecule has 2 heterocycles. The number of rotatable bonds is 2. The second-order valence-corrected chi connectivity index (χ2v) is 6.47. The highest BCUT2D eigenvalue weighted by molar-refractivity contribution is 7.10. The Kier molecular flexibility index (Phi) is 3.06. The number of nitrogens with zero attached hydrogens (tertiary/aromatic N) is 1. The number of hydrogen-bond donors (Lipinski definition) is 0. The van der Waals surface area contributed by atoms with E-state index in [9.17, 15) is 0 Å². The standard InChI is InChI=1S/C18H17NS/c1-2-7-17-14(4-1)5-3-6-15(17)12-19-10-8-18-16(13-19)9-11-20-18/h1-7,9,11H,8,10,12-13H2. The third kappa shape index (κ3) is 2.15. The van der Waals surface area contributed by atoms with E-state index < -0.39 is 0 Å². The molecular weight excluding hydrogens is 262 g/mol. The maximum Gasteiger partial charge on any atom is 0.0248 e. The lowest BCUT2D eigenvalue weighted by Gasteiger charge is -2.27. The Morgan fingerprint density at radius 3 is 2.90 bits per heavy atom. The smallest absolute Gasteiger partial charge is 0.0248 e. The van der Waals surface area contributed by atoms with Crippen molar-refractivity contribution in [3.8, 4) is 0 Å². The minimum Gasteiger partial charge on any atom is -0.294 e. The van der Waals surface area contributed by atoms with Crippen LogP contribution in [0.5, 0.6) is 0 Å². The fraction of sp³-hybridized carbons (Fsp3) is 0.222. The van der Waals surface area contributed by atoms with Crippen molar-refractivity contribution in [2.24, 2.45) is 0 Å². The lowest BCUT2D eigenvalue weighted by Crippen LogP contribution is -2.29. The fourth-order valence-corrected chi connectivity index (χ4v) is 4.00. The van der Waals surface area contributed by atoms with Crippen LogP contribution in [0.2, 0.25) is 0 Å². The van der Waals surface area contributed by atoms with E-state index in [0.29, 0.717) is 0 Å². The molecule has 2 aromatic carbocycles. The molecule has 1 aliphatic heterocycles. The molecule has 2 heteroatoms. The summed E-state index contributed by atoms with van der Waals surface area (Å²) in [6, 6.07) is 17.6. The molecule has 0 fully saturated rings. The van der Waals surface area contributed by atoms with E-state index in [-0.39, 0.29) is 0 Å². The van der Waals surface area contributed by atoms with Crippen LogP contribution < -0.4 is 0 Å². The quantitative estimate of drug-likeness (QED) is 0.669. The molecule has 20 heavy (non-hydrogen) atoms. The Bertz CT molecular complexity index is 739. The molecule has 1 aromatic heterocycles. The van der Waals surface area contributed by atoms with Crippen LogP contribution in [0.1, 0.15) is 16.0 Å². The van der Waals surface area contributed by atoms with Crippen LogP contribution >= 0.6 is 11.3 Å². The molecule has 0 atom stereocenters. The summed E-state index contributed by atoms with van der Waals surface area (Å²) in [6.45, 7) is 3.33. The van der Waals surface area contributed by atoms with E-state index in [1.54, 1.807) is 4.88 Å². The van der Waals surface area contributed by atoms with Gasteiger partial charge in [-0.3, -0.25) is 4.90 Å². The SMILES string of the molecule is c1ccc2c(CN3CCc4sccc4C3)cccc2c1. The van der Waals surface area contributed by atoms with Gasteiger partial charge < -0.3 is 0 Å². The second kappa shape index (κ2) is 5.04. The highest BCUT2D eigenvalue weighted by atomic mass is 32.1. The summed E-state index contributed by atoms with van der Waals surface area (Å²) in [7, 11) is 0. The third-order valence-corrected chi connectivity index (χ3v) is 5.18. The molecule has 0 aliphatic carbocycles. The molecule has 4 rings (SSSR count). The lowest BCUT2D eigenvalue weighted by molar-refractivity contribution is 0.248. The Morgan fingerprint density at radius 2 is 1.90 bits per heavy atom. The minimum atomic E-state index is 1.05. The molecule has 1 aliphatic rings. The topological polar surface area (TPSA) is 3.24 Å². The van der Waals surface area contributed by atoms with Gasteiger partial charge in [0.25, 0.3) is 0 Å². The number of thiophene rings is 1. The molecule has 0 saturated carbocycles. The van der Waals surface area contributed by atoms with Gasteiger partial charge in [0.1, 0.15) is 0 Å². The van der Waals surface area contributed by atoms with Crippen molar-refractivity contribution in [1.82, 2.24) is 4.90 Å². The van der Waals surface area contributed by atoms with Crippen molar-refractivity contribution in [2.45, 2.75) is 19.5 Å². The van der Waals surface area contributed by atoms with Gasteiger partial charge in [-0.1, -0.05) is 42.5 Å². The van der Waals surface area contributed by atoms with E-state index in [4.69, 9.17) is 0 Å². The van der Waals surface area contributed by atoms with Crippen LogP contribution in [0.15, 0.2) is 53.9 Å². The van der Waals surface area contributed by atoms with Gasteiger partial charge in [-0.05, 0) is 39.8 Å². The average molecular weight is 279 g/mol. The van der Waals surface area contributed by atoms with Crippen LogP contribution in [0.4, 0.5) is 0 Å². The van der Waals surface area contributed by atoms with Crippen LogP contribution in [-0.2, 0) is 19.5 Å². The Hall–Kier alpha value is -1.64. The Labute approximate surface area is 123 Å². The zero-order chi connectivity index (χ0) is 13.4. The lowest BCUT2D eigenvalue weighted by atomic mass is 10.0. The number of benzene rings is 2. The molecule has 100 valence electrons. The summed E-state index contributed by atoms with van der Waals surface area (Å²) >= 11 is 1.91. The van der Waals surface area contributed by atoms with Crippen molar-refractivity contribution in [1.29, 1.82) is 0 Å². The van der Waals surface area contributed by atoms with Crippen LogP contribution in [-0.4, -0.2) is 11.4 Å².